The summed E-state index contributed by atoms with van der Waals surface area (Å²) < 4.78 is 0. The standard InChI is InChI=1S/C14H26N2O2/c1-11-5-3-4-9-16(11)10-8-14(2,13(17)18)15-12-6-7-12/h11-12,15H,3-10H2,1-2H3,(H,17,18). The molecule has 0 amide bonds. The second-order valence-electron chi connectivity index (χ2n) is 6.19. The number of hydrogen-bond acceptors (Lipinski definition) is 3. The van der Waals surface area contributed by atoms with Crippen molar-refractivity contribution in [3.63, 3.8) is 0 Å². The Morgan fingerprint density at radius 2 is 2.11 bits per heavy atom. The topological polar surface area (TPSA) is 52.6 Å². The van der Waals surface area contributed by atoms with Gasteiger partial charge in [-0.05, 0) is 52.5 Å². The van der Waals surface area contributed by atoms with Crippen LogP contribution in [-0.2, 0) is 4.79 Å². The summed E-state index contributed by atoms with van der Waals surface area (Å²) in [5.74, 6) is -0.709. The molecule has 2 rings (SSSR count). The Hall–Kier alpha value is -0.610. The van der Waals surface area contributed by atoms with E-state index in [0.717, 1.165) is 25.9 Å². The van der Waals surface area contributed by atoms with E-state index in [1.54, 1.807) is 0 Å². The molecule has 0 aromatic heterocycles. The number of aliphatic carboxylic acids is 1. The number of carboxylic acids is 1. The lowest BCUT2D eigenvalue weighted by Crippen LogP contribution is -2.53. The van der Waals surface area contributed by atoms with Gasteiger partial charge >= 0.3 is 5.97 Å². The van der Waals surface area contributed by atoms with Gasteiger partial charge in [0.05, 0.1) is 0 Å². The van der Waals surface area contributed by atoms with Crippen LogP contribution in [-0.4, -0.2) is 46.7 Å². The SMILES string of the molecule is CC1CCCCN1CCC(C)(NC1CC1)C(=O)O. The quantitative estimate of drug-likeness (QED) is 0.759. The maximum atomic E-state index is 11.5. The van der Waals surface area contributed by atoms with Gasteiger partial charge in [-0.3, -0.25) is 10.1 Å². The minimum atomic E-state index is -0.752. The van der Waals surface area contributed by atoms with Crippen molar-refractivity contribution in [3.05, 3.63) is 0 Å². The summed E-state index contributed by atoms with van der Waals surface area (Å²) in [6, 6.07) is 1.04. The van der Waals surface area contributed by atoms with Gasteiger partial charge in [-0.2, -0.15) is 0 Å². The van der Waals surface area contributed by atoms with Gasteiger partial charge in [0.25, 0.3) is 0 Å². The van der Waals surface area contributed by atoms with Crippen molar-refractivity contribution < 1.29 is 9.90 Å². The van der Waals surface area contributed by atoms with Gasteiger partial charge < -0.3 is 10.0 Å². The molecule has 2 unspecified atom stereocenters. The number of rotatable bonds is 6. The summed E-state index contributed by atoms with van der Waals surface area (Å²) >= 11 is 0. The second kappa shape index (κ2) is 5.57. The maximum absolute atomic E-state index is 11.5. The Balaban J connectivity index is 1.86. The van der Waals surface area contributed by atoms with Crippen molar-refractivity contribution in [2.45, 2.75) is 70.0 Å². The normalized spacial score (nSPS) is 28.9. The predicted octanol–water partition coefficient (Wildman–Crippen LogP) is 1.85. The Morgan fingerprint density at radius 1 is 1.39 bits per heavy atom. The average Bonchev–Trinajstić information content (AvgIpc) is 3.11. The summed E-state index contributed by atoms with van der Waals surface area (Å²) in [6.45, 7) is 6.11. The van der Waals surface area contributed by atoms with E-state index in [1.807, 2.05) is 6.92 Å². The number of carbonyl (C=O) groups is 1. The first-order valence-electron chi connectivity index (χ1n) is 7.26. The van der Waals surface area contributed by atoms with E-state index in [9.17, 15) is 9.90 Å². The van der Waals surface area contributed by atoms with E-state index >= 15 is 0 Å². The van der Waals surface area contributed by atoms with Crippen LogP contribution in [0.4, 0.5) is 0 Å². The molecule has 0 aromatic carbocycles. The fourth-order valence-corrected chi connectivity index (χ4v) is 2.78. The van der Waals surface area contributed by atoms with Gasteiger partial charge in [0.1, 0.15) is 5.54 Å². The van der Waals surface area contributed by atoms with Crippen molar-refractivity contribution in [3.8, 4) is 0 Å². The van der Waals surface area contributed by atoms with Crippen LogP contribution in [0.2, 0.25) is 0 Å². The molecule has 0 spiro atoms. The van der Waals surface area contributed by atoms with Crippen LogP contribution in [0.3, 0.4) is 0 Å². The lowest BCUT2D eigenvalue weighted by Gasteiger charge is -2.36. The van der Waals surface area contributed by atoms with Crippen molar-refractivity contribution in [2.24, 2.45) is 0 Å². The molecule has 1 aliphatic carbocycles. The summed E-state index contributed by atoms with van der Waals surface area (Å²) in [7, 11) is 0. The van der Waals surface area contributed by atoms with Crippen LogP contribution in [0, 0.1) is 0 Å². The van der Waals surface area contributed by atoms with Gasteiger partial charge in [0.2, 0.25) is 0 Å². The molecule has 104 valence electrons. The number of nitrogens with one attached hydrogen (secondary N) is 1. The van der Waals surface area contributed by atoms with Crippen molar-refractivity contribution in [2.75, 3.05) is 13.1 Å². The first kappa shape index (κ1) is 13.8. The predicted molar refractivity (Wildman–Crippen MR) is 71.7 cm³/mol. The molecule has 1 saturated carbocycles. The highest BCUT2D eigenvalue weighted by Crippen LogP contribution is 2.25. The number of carboxylic acid groups (broad SMARTS) is 1. The molecule has 0 bridgehead atoms. The number of piperidine rings is 1. The molecular weight excluding hydrogens is 228 g/mol. The third-order valence-corrected chi connectivity index (χ3v) is 4.41. The number of likely N-dealkylation sites (tertiary alicyclic amines) is 1. The molecule has 2 aliphatic rings. The van der Waals surface area contributed by atoms with E-state index in [1.165, 1.54) is 19.3 Å². The Bertz CT molecular complexity index is 304. The monoisotopic (exact) mass is 254 g/mol. The second-order valence-corrected chi connectivity index (χ2v) is 6.19. The lowest BCUT2D eigenvalue weighted by molar-refractivity contribution is -0.144. The molecule has 4 heteroatoms. The molecule has 2 N–H and O–H groups in total. The molecular formula is C14H26N2O2. The third-order valence-electron chi connectivity index (χ3n) is 4.41. The van der Waals surface area contributed by atoms with Crippen molar-refractivity contribution >= 4 is 5.97 Å². The van der Waals surface area contributed by atoms with Gasteiger partial charge in [0, 0.05) is 18.6 Å². The van der Waals surface area contributed by atoms with E-state index in [-0.39, 0.29) is 0 Å². The maximum Gasteiger partial charge on any atom is 0.323 e. The fraction of sp³-hybridized carbons (Fsp3) is 0.929. The molecule has 1 heterocycles. The molecule has 2 fully saturated rings. The molecule has 1 aliphatic heterocycles. The summed E-state index contributed by atoms with van der Waals surface area (Å²) in [4.78, 5) is 13.9. The zero-order valence-electron chi connectivity index (χ0n) is 11.6. The van der Waals surface area contributed by atoms with Crippen LogP contribution in [0.25, 0.3) is 0 Å². The molecule has 2 atom stereocenters. The van der Waals surface area contributed by atoms with E-state index in [4.69, 9.17) is 0 Å². The molecule has 4 nitrogen and oxygen atoms in total. The minimum Gasteiger partial charge on any atom is -0.480 e. The Morgan fingerprint density at radius 3 is 2.67 bits per heavy atom. The van der Waals surface area contributed by atoms with Crippen LogP contribution >= 0.6 is 0 Å². The van der Waals surface area contributed by atoms with Crippen LogP contribution in [0.1, 0.15) is 52.4 Å². The van der Waals surface area contributed by atoms with Gasteiger partial charge in [-0.15, -0.1) is 0 Å². The molecule has 1 saturated heterocycles. The highest BCUT2D eigenvalue weighted by molar-refractivity contribution is 5.78. The van der Waals surface area contributed by atoms with E-state index in [2.05, 4.69) is 17.1 Å². The minimum absolute atomic E-state index is 0.435. The smallest absolute Gasteiger partial charge is 0.323 e. The molecule has 18 heavy (non-hydrogen) atoms. The summed E-state index contributed by atoms with van der Waals surface area (Å²) in [5.41, 5.74) is -0.752. The van der Waals surface area contributed by atoms with Gasteiger partial charge in [-0.25, -0.2) is 0 Å². The van der Waals surface area contributed by atoms with Crippen molar-refractivity contribution in [1.29, 1.82) is 0 Å². The largest absolute Gasteiger partial charge is 0.480 e. The zero-order valence-corrected chi connectivity index (χ0v) is 11.6. The van der Waals surface area contributed by atoms with Crippen molar-refractivity contribution in [1.82, 2.24) is 10.2 Å². The Labute approximate surface area is 110 Å². The highest BCUT2D eigenvalue weighted by Gasteiger charge is 2.38. The van der Waals surface area contributed by atoms with Crippen LogP contribution in [0.15, 0.2) is 0 Å². The van der Waals surface area contributed by atoms with Gasteiger partial charge in [0.15, 0.2) is 0 Å². The van der Waals surface area contributed by atoms with E-state index in [0.29, 0.717) is 18.5 Å². The third kappa shape index (κ3) is 3.45. The van der Waals surface area contributed by atoms with Crippen LogP contribution < -0.4 is 5.32 Å². The molecule has 0 radical (unpaired) electrons. The summed E-state index contributed by atoms with van der Waals surface area (Å²) in [5, 5.41) is 12.7. The molecule has 0 aromatic rings. The first-order valence-corrected chi connectivity index (χ1v) is 7.26. The van der Waals surface area contributed by atoms with E-state index < -0.39 is 11.5 Å². The summed E-state index contributed by atoms with van der Waals surface area (Å²) in [6.07, 6.45) is 6.77. The lowest BCUT2D eigenvalue weighted by atomic mass is 9.95. The van der Waals surface area contributed by atoms with Gasteiger partial charge in [-0.1, -0.05) is 6.42 Å². The fourth-order valence-electron chi connectivity index (χ4n) is 2.78. The Kier molecular flexibility index (Phi) is 4.28. The number of hydrogen-bond donors (Lipinski definition) is 2. The highest BCUT2D eigenvalue weighted by atomic mass is 16.4. The van der Waals surface area contributed by atoms with Crippen LogP contribution in [0.5, 0.6) is 0 Å². The number of nitrogens with zero attached hydrogens (tertiary/aromatic N) is 1. The zero-order chi connectivity index (χ0) is 13.2. The average molecular weight is 254 g/mol. The first-order chi connectivity index (χ1) is 8.51.